The van der Waals surface area contributed by atoms with Gasteiger partial charge in [0.25, 0.3) is 0 Å². The van der Waals surface area contributed by atoms with E-state index in [1.54, 1.807) is 0 Å². The molecule has 0 aliphatic heterocycles. The summed E-state index contributed by atoms with van der Waals surface area (Å²) in [6.07, 6.45) is 11.5. The van der Waals surface area contributed by atoms with Crippen LogP contribution in [0.1, 0.15) is 61.8 Å². The van der Waals surface area contributed by atoms with E-state index in [2.05, 4.69) is 79.5 Å². The van der Waals surface area contributed by atoms with Crippen LogP contribution in [0.3, 0.4) is 0 Å². The molecule has 1 heterocycles. The van der Waals surface area contributed by atoms with Gasteiger partial charge in [-0.05, 0) is 66.8 Å². The third-order valence-electron chi connectivity index (χ3n) is 5.44. The number of unbranched alkanes of at least 4 members (excludes halogenated alkanes) is 2. The number of nitrogens with zero attached hydrogens (tertiary/aromatic N) is 1. The molecule has 1 heteroatoms. The van der Waals surface area contributed by atoms with Crippen LogP contribution in [0.2, 0.25) is 0 Å². The Morgan fingerprint density at radius 1 is 0.536 bits per heavy atom. The number of aromatic nitrogens is 1. The highest BCUT2D eigenvalue weighted by Gasteiger charge is 2.02. The first-order valence-corrected chi connectivity index (χ1v) is 10.9. The van der Waals surface area contributed by atoms with Crippen LogP contribution in [0, 0.1) is 0 Å². The van der Waals surface area contributed by atoms with Crippen LogP contribution in [0.4, 0.5) is 0 Å². The zero-order chi connectivity index (χ0) is 19.6. The van der Waals surface area contributed by atoms with Crippen molar-refractivity contribution in [1.82, 2.24) is 4.98 Å². The minimum atomic E-state index is 1.06. The topological polar surface area (TPSA) is 12.9 Å². The van der Waals surface area contributed by atoms with E-state index in [-0.39, 0.29) is 0 Å². The summed E-state index contributed by atoms with van der Waals surface area (Å²) >= 11 is 0. The SMILES string of the molecule is CCCCc1ccc(CCc2ccc(-c3ccc(CCCC)cn3)cc2)cc1. The number of aryl methyl sites for hydroxylation is 4. The first-order chi connectivity index (χ1) is 13.8. The lowest BCUT2D eigenvalue weighted by atomic mass is 10.00. The van der Waals surface area contributed by atoms with E-state index < -0.39 is 0 Å². The monoisotopic (exact) mass is 371 g/mol. The molecule has 0 saturated carbocycles. The molecule has 0 N–H and O–H groups in total. The molecular formula is C27H33N. The molecule has 28 heavy (non-hydrogen) atoms. The Kier molecular flexibility index (Phi) is 7.84. The summed E-state index contributed by atoms with van der Waals surface area (Å²) in [7, 11) is 0. The van der Waals surface area contributed by atoms with Gasteiger partial charge in [-0.2, -0.15) is 0 Å². The second-order valence-corrected chi connectivity index (χ2v) is 7.77. The van der Waals surface area contributed by atoms with Crippen molar-refractivity contribution >= 4 is 0 Å². The highest BCUT2D eigenvalue weighted by molar-refractivity contribution is 5.59. The molecule has 0 amide bonds. The van der Waals surface area contributed by atoms with Crippen LogP contribution < -0.4 is 0 Å². The van der Waals surface area contributed by atoms with Gasteiger partial charge >= 0.3 is 0 Å². The minimum absolute atomic E-state index is 1.06. The van der Waals surface area contributed by atoms with Gasteiger partial charge in [0.15, 0.2) is 0 Å². The number of benzene rings is 2. The summed E-state index contributed by atoms with van der Waals surface area (Å²) in [5.41, 5.74) is 7.87. The highest BCUT2D eigenvalue weighted by atomic mass is 14.7. The van der Waals surface area contributed by atoms with Gasteiger partial charge in [0.2, 0.25) is 0 Å². The average Bonchev–Trinajstić information content (AvgIpc) is 2.76. The van der Waals surface area contributed by atoms with Crippen molar-refractivity contribution < 1.29 is 0 Å². The molecule has 0 spiro atoms. The maximum atomic E-state index is 4.65. The zero-order valence-corrected chi connectivity index (χ0v) is 17.5. The molecule has 0 unspecified atom stereocenters. The molecule has 2 aromatic carbocycles. The molecule has 1 aromatic heterocycles. The van der Waals surface area contributed by atoms with Crippen molar-refractivity contribution in [2.45, 2.75) is 65.2 Å². The Morgan fingerprint density at radius 2 is 1.00 bits per heavy atom. The van der Waals surface area contributed by atoms with Gasteiger partial charge in [-0.1, -0.05) is 81.3 Å². The predicted octanol–water partition coefficient (Wildman–Crippen LogP) is 7.22. The Labute approximate surface area is 170 Å². The molecule has 3 aromatic rings. The van der Waals surface area contributed by atoms with E-state index in [9.17, 15) is 0 Å². The largest absolute Gasteiger partial charge is 0.256 e. The van der Waals surface area contributed by atoms with Crippen molar-refractivity contribution in [3.63, 3.8) is 0 Å². The van der Waals surface area contributed by atoms with E-state index in [1.807, 2.05) is 6.20 Å². The lowest BCUT2D eigenvalue weighted by molar-refractivity contribution is 0.792. The molecule has 0 bridgehead atoms. The van der Waals surface area contributed by atoms with Gasteiger partial charge in [0, 0.05) is 11.8 Å². The summed E-state index contributed by atoms with van der Waals surface area (Å²) in [5.74, 6) is 0. The molecular weight excluding hydrogens is 338 g/mol. The Bertz CT molecular complexity index is 814. The van der Waals surface area contributed by atoms with E-state index in [0.29, 0.717) is 0 Å². The maximum Gasteiger partial charge on any atom is 0.0702 e. The minimum Gasteiger partial charge on any atom is -0.256 e. The predicted molar refractivity (Wildman–Crippen MR) is 121 cm³/mol. The first kappa shape index (κ1) is 20.3. The van der Waals surface area contributed by atoms with E-state index in [0.717, 1.165) is 25.0 Å². The van der Waals surface area contributed by atoms with Gasteiger partial charge < -0.3 is 0 Å². The molecule has 1 nitrogen and oxygen atoms in total. The van der Waals surface area contributed by atoms with E-state index in [1.165, 1.54) is 59.9 Å². The van der Waals surface area contributed by atoms with E-state index >= 15 is 0 Å². The van der Waals surface area contributed by atoms with Crippen LogP contribution in [0.25, 0.3) is 11.3 Å². The summed E-state index contributed by atoms with van der Waals surface area (Å²) in [6, 6.07) is 22.5. The van der Waals surface area contributed by atoms with Crippen molar-refractivity contribution in [2.24, 2.45) is 0 Å². The standard InChI is InChI=1S/C27H33N/c1-3-5-7-22-9-11-23(12-10-22)13-14-24-15-18-26(19-16-24)27-20-17-25(21-28-27)8-6-4-2/h9-12,15-21H,3-8,13-14H2,1-2H3. The second-order valence-electron chi connectivity index (χ2n) is 7.77. The van der Waals surface area contributed by atoms with Crippen LogP contribution in [-0.4, -0.2) is 4.98 Å². The fraction of sp³-hybridized carbons (Fsp3) is 0.370. The number of rotatable bonds is 10. The Morgan fingerprint density at radius 3 is 1.50 bits per heavy atom. The molecule has 0 fully saturated rings. The summed E-state index contributed by atoms with van der Waals surface area (Å²) < 4.78 is 0. The van der Waals surface area contributed by atoms with Gasteiger partial charge in [0.05, 0.1) is 5.69 Å². The first-order valence-electron chi connectivity index (χ1n) is 10.9. The number of hydrogen-bond donors (Lipinski definition) is 0. The molecule has 0 saturated heterocycles. The molecule has 146 valence electrons. The third-order valence-corrected chi connectivity index (χ3v) is 5.44. The van der Waals surface area contributed by atoms with Crippen molar-refractivity contribution in [1.29, 1.82) is 0 Å². The number of hydrogen-bond acceptors (Lipinski definition) is 1. The molecule has 0 radical (unpaired) electrons. The fourth-order valence-electron chi connectivity index (χ4n) is 3.51. The molecule has 0 aliphatic carbocycles. The van der Waals surface area contributed by atoms with Crippen LogP contribution in [0.15, 0.2) is 66.9 Å². The van der Waals surface area contributed by atoms with Crippen LogP contribution in [-0.2, 0) is 25.7 Å². The van der Waals surface area contributed by atoms with Gasteiger partial charge in [-0.25, -0.2) is 0 Å². The van der Waals surface area contributed by atoms with Gasteiger partial charge in [-0.3, -0.25) is 4.98 Å². The Balaban J connectivity index is 1.54. The smallest absolute Gasteiger partial charge is 0.0702 e. The van der Waals surface area contributed by atoms with E-state index in [4.69, 9.17) is 0 Å². The molecule has 3 rings (SSSR count). The Hall–Kier alpha value is -2.41. The second kappa shape index (κ2) is 10.8. The maximum absolute atomic E-state index is 4.65. The summed E-state index contributed by atoms with van der Waals surface area (Å²) in [6.45, 7) is 4.48. The lowest BCUT2D eigenvalue weighted by Crippen LogP contribution is -1.93. The average molecular weight is 372 g/mol. The van der Waals surface area contributed by atoms with Crippen molar-refractivity contribution in [3.05, 3.63) is 89.1 Å². The summed E-state index contributed by atoms with van der Waals surface area (Å²) in [5, 5.41) is 0. The summed E-state index contributed by atoms with van der Waals surface area (Å²) in [4.78, 5) is 4.65. The zero-order valence-electron chi connectivity index (χ0n) is 17.5. The fourth-order valence-corrected chi connectivity index (χ4v) is 3.51. The van der Waals surface area contributed by atoms with Crippen LogP contribution >= 0.6 is 0 Å². The van der Waals surface area contributed by atoms with Gasteiger partial charge in [-0.15, -0.1) is 0 Å². The highest BCUT2D eigenvalue weighted by Crippen LogP contribution is 2.19. The molecule has 0 atom stereocenters. The normalized spacial score (nSPS) is 10.9. The third kappa shape index (κ3) is 6.05. The van der Waals surface area contributed by atoms with Crippen LogP contribution in [0.5, 0.6) is 0 Å². The quantitative estimate of drug-likeness (QED) is 0.366. The van der Waals surface area contributed by atoms with Crippen molar-refractivity contribution in [3.8, 4) is 11.3 Å². The number of pyridine rings is 1. The lowest BCUT2D eigenvalue weighted by Gasteiger charge is -2.07. The van der Waals surface area contributed by atoms with Crippen molar-refractivity contribution in [2.75, 3.05) is 0 Å². The van der Waals surface area contributed by atoms with Gasteiger partial charge in [0.1, 0.15) is 0 Å². The molecule has 0 aliphatic rings.